The van der Waals surface area contributed by atoms with Gasteiger partial charge in [-0.2, -0.15) is 0 Å². The zero-order chi connectivity index (χ0) is 15.4. The number of urea groups is 1. The maximum absolute atomic E-state index is 12.1. The van der Waals surface area contributed by atoms with Crippen LogP contribution in [0, 0.1) is 20.8 Å². The van der Waals surface area contributed by atoms with Crippen LogP contribution in [0.3, 0.4) is 0 Å². The van der Waals surface area contributed by atoms with Crippen molar-refractivity contribution in [2.75, 3.05) is 16.9 Å². The molecule has 110 valence electrons. The van der Waals surface area contributed by atoms with E-state index in [-0.39, 0.29) is 6.03 Å². The summed E-state index contributed by atoms with van der Waals surface area (Å²) in [4.78, 5) is 13.2. The van der Waals surface area contributed by atoms with Crippen molar-refractivity contribution in [1.29, 1.82) is 0 Å². The summed E-state index contributed by atoms with van der Waals surface area (Å²) in [6, 6.07) is 11.6. The van der Waals surface area contributed by atoms with Crippen molar-refractivity contribution in [3.05, 3.63) is 53.1 Å². The van der Waals surface area contributed by atoms with Gasteiger partial charge in [0.1, 0.15) is 0 Å². The average molecular weight is 300 g/mol. The smallest absolute Gasteiger partial charge is 0.308 e. The first kappa shape index (κ1) is 15.4. The molecule has 0 spiro atoms. The van der Waals surface area contributed by atoms with Gasteiger partial charge in [0.05, 0.1) is 0 Å². The van der Waals surface area contributed by atoms with Gasteiger partial charge in [-0.1, -0.05) is 6.07 Å². The molecule has 0 bridgehead atoms. The van der Waals surface area contributed by atoms with E-state index in [4.69, 9.17) is 0 Å². The Morgan fingerprint density at radius 2 is 1.52 bits per heavy atom. The second kappa shape index (κ2) is 6.68. The number of rotatable bonds is 3. The molecule has 2 N–H and O–H groups in total. The summed E-state index contributed by atoms with van der Waals surface area (Å²) in [5, 5.41) is 5.74. The van der Waals surface area contributed by atoms with Crippen LogP contribution in [0.15, 0.2) is 41.3 Å². The first-order valence-electron chi connectivity index (χ1n) is 6.79. The SMILES string of the molecule is CSc1ccc(NC(=O)Nc2cc(C)c(C)cc2C)cc1. The van der Waals surface area contributed by atoms with Gasteiger partial charge in [-0.15, -0.1) is 11.8 Å². The Hall–Kier alpha value is -1.94. The third-order valence-corrected chi connectivity index (χ3v) is 4.18. The number of hydrogen-bond donors (Lipinski definition) is 2. The zero-order valence-corrected chi connectivity index (χ0v) is 13.6. The normalized spacial score (nSPS) is 10.3. The standard InChI is InChI=1S/C17H20N2OS/c1-11-9-13(3)16(10-12(11)2)19-17(20)18-14-5-7-15(21-4)8-6-14/h5-10H,1-4H3,(H2,18,19,20). The topological polar surface area (TPSA) is 41.1 Å². The molecule has 21 heavy (non-hydrogen) atoms. The van der Waals surface area contributed by atoms with Crippen molar-refractivity contribution in [2.24, 2.45) is 0 Å². The molecule has 2 aromatic carbocycles. The second-order valence-electron chi connectivity index (χ2n) is 5.06. The highest BCUT2D eigenvalue weighted by Gasteiger charge is 2.06. The lowest BCUT2D eigenvalue weighted by molar-refractivity contribution is 0.262. The number of benzene rings is 2. The third kappa shape index (κ3) is 4.02. The number of aryl methyl sites for hydroxylation is 3. The highest BCUT2D eigenvalue weighted by Crippen LogP contribution is 2.21. The van der Waals surface area contributed by atoms with Gasteiger partial charge in [0.15, 0.2) is 0 Å². The van der Waals surface area contributed by atoms with Gasteiger partial charge in [-0.3, -0.25) is 0 Å². The molecule has 0 aromatic heterocycles. The second-order valence-corrected chi connectivity index (χ2v) is 5.94. The molecule has 0 atom stereocenters. The minimum Gasteiger partial charge on any atom is -0.308 e. The van der Waals surface area contributed by atoms with E-state index in [2.05, 4.69) is 23.6 Å². The number of thioether (sulfide) groups is 1. The van der Waals surface area contributed by atoms with E-state index >= 15 is 0 Å². The Labute approximate surface area is 130 Å². The molecule has 0 aliphatic rings. The molecule has 0 aliphatic carbocycles. The molecule has 0 aliphatic heterocycles. The summed E-state index contributed by atoms with van der Waals surface area (Å²) in [5.41, 5.74) is 5.08. The van der Waals surface area contributed by atoms with Crippen LogP contribution in [0.4, 0.5) is 16.2 Å². The first-order chi connectivity index (χ1) is 9.99. The van der Waals surface area contributed by atoms with Gasteiger partial charge < -0.3 is 10.6 Å². The number of anilines is 2. The molecular weight excluding hydrogens is 280 g/mol. The lowest BCUT2D eigenvalue weighted by Gasteiger charge is -2.12. The third-order valence-electron chi connectivity index (χ3n) is 3.44. The molecule has 0 saturated carbocycles. The van der Waals surface area contributed by atoms with Crippen molar-refractivity contribution in [2.45, 2.75) is 25.7 Å². The largest absolute Gasteiger partial charge is 0.323 e. The average Bonchev–Trinajstić information content (AvgIpc) is 2.45. The summed E-state index contributed by atoms with van der Waals surface area (Å²) in [7, 11) is 0. The van der Waals surface area contributed by atoms with Crippen molar-refractivity contribution in [1.82, 2.24) is 0 Å². The van der Waals surface area contributed by atoms with Crippen LogP contribution in [0.25, 0.3) is 0 Å². The van der Waals surface area contributed by atoms with E-state index < -0.39 is 0 Å². The molecular formula is C17H20N2OS. The van der Waals surface area contributed by atoms with Crippen LogP contribution in [0.5, 0.6) is 0 Å². The predicted molar refractivity (Wildman–Crippen MR) is 91.5 cm³/mol. The van der Waals surface area contributed by atoms with Crippen LogP contribution < -0.4 is 10.6 Å². The highest BCUT2D eigenvalue weighted by atomic mass is 32.2. The molecule has 2 aromatic rings. The van der Waals surface area contributed by atoms with E-state index in [1.807, 2.05) is 50.4 Å². The van der Waals surface area contributed by atoms with Gasteiger partial charge in [0.25, 0.3) is 0 Å². The molecule has 0 saturated heterocycles. The van der Waals surface area contributed by atoms with Crippen LogP contribution in [0.2, 0.25) is 0 Å². The fourth-order valence-electron chi connectivity index (χ4n) is 2.05. The fourth-order valence-corrected chi connectivity index (χ4v) is 2.46. The van der Waals surface area contributed by atoms with Crippen molar-refractivity contribution >= 4 is 29.2 Å². The van der Waals surface area contributed by atoms with Gasteiger partial charge >= 0.3 is 6.03 Å². The molecule has 0 radical (unpaired) electrons. The molecule has 0 fully saturated rings. The summed E-state index contributed by atoms with van der Waals surface area (Å²) in [6.45, 7) is 6.10. The number of amides is 2. The van der Waals surface area contributed by atoms with Crippen molar-refractivity contribution in [3.8, 4) is 0 Å². The van der Waals surface area contributed by atoms with Gasteiger partial charge in [-0.05, 0) is 74.0 Å². The monoisotopic (exact) mass is 300 g/mol. The Balaban J connectivity index is 2.06. The maximum Gasteiger partial charge on any atom is 0.323 e. The predicted octanol–water partition coefficient (Wildman–Crippen LogP) is 4.98. The number of hydrogen-bond acceptors (Lipinski definition) is 2. The maximum atomic E-state index is 12.1. The molecule has 4 heteroatoms. The van der Waals surface area contributed by atoms with Crippen LogP contribution in [-0.2, 0) is 0 Å². The Bertz CT molecular complexity index is 651. The molecule has 2 rings (SSSR count). The van der Waals surface area contributed by atoms with Gasteiger partial charge in [-0.25, -0.2) is 4.79 Å². The minimum absolute atomic E-state index is 0.224. The Kier molecular flexibility index (Phi) is 4.91. The van der Waals surface area contributed by atoms with Crippen LogP contribution in [-0.4, -0.2) is 12.3 Å². The van der Waals surface area contributed by atoms with E-state index in [1.54, 1.807) is 11.8 Å². The first-order valence-corrected chi connectivity index (χ1v) is 8.02. The highest BCUT2D eigenvalue weighted by molar-refractivity contribution is 7.98. The van der Waals surface area contributed by atoms with E-state index in [0.29, 0.717) is 0 Å². The molecule has 0 unspecified atom stereocenters. The van der Waals surface area contributed by atoms with E-state index in [1.165, 1.54) is 16.0 Å². The van der Waals surface area contributed by atoms with Crippen LogP contribution >= 0.6 is 11.8 Å². The minimum atomic E-state index is -0.224. The van der Waals surface area contributed by atoms with Gasteiger partial charge in [0.2, 0.25) is 0 Å². The summed E-state index contributed by atoms with van der Waals surface area (Å²) in [5.74, 6) is 0. The quantitative estimate of drug-likeness (QED) is 0.785. The Morgan fingerprint density at radius 3 is 2.14 bits per heavy atom. The molecule has 2 amide bonds. The Morgan fingerprint density at radius 1 is 0.905 bits per heavy atom. The van der Waals surface area contributed by atoms with Crippen molar-refractivity contribution in [3.63, 3.8) is 0 Å². The van der Waals surface area contributed by atoms with Crippen molar-refractivity contribution < 1.29 is 4.79 Å². The number of carbonyl (C=O) groups is 1. The lowest BCUT2D eigenvalue weighted by atomic mass is 10.1. The van der Waals surface area contributed by atoms with E-state index in [0.717, 1.165) is 16.9 Å². The van der Waals surface area contributed by atoms with E-state index in [9.17, 15) is 4.79 Å². The zero-order valence-electron chi connectivity index (χ0n) is 12.8. The number of nitrogens with one attached hydrogen (secondary N) is 2. The fraction of sp³-hybridized carbons (Fsp3) is 0.235. The lowest BCUT2D eigenvalue weighted by Crippen LogP contribution is -2.20. The summed E-state index contributed by atoms with van der Waals surface area (Å²) >= 11 is 1.68. The molecule has 3 nitrogen and oxygen atoms in total. The van der Waals surface area contributed by atoms with Gasteiger partial charge in [0, 0.05) is 16.3 Å². The molecule has 0 heterocycles. The van der Waals surface area contributed by atoms with Crippen LogP contribution in [0.1, 0.15) is 16.7 Å². The number of carbonyl (C=O) groups excluding carboxylic acids is 1. The summed E-state index contributed by atoms with van der Waals surface area (Å²) in [6.07, 6.45) is 2.03. The summed E-state index contributed by atoms with van der Waals surface area (Å²) < 4.78 is 0.